The number of esters is 2. The van der Waals surface area contributed by atoms with Crippen LogP contribution in [-0.2, 0) is 19.1 Å². The van der Waals surface area contributed by atoms with E-state index in [1.165, 1.54) is 28.9 Å². The van der Waals surface area contributed by atoms with Gasteiger partial charge in [-0.05, 0) is 6.92 Å². The molecule has 2 heterocycles. The van der Waals surface area contributed by atoms with Crippen molar-refractivity contribution in [3.8, 4) is 11.3 Å². The number of H-pyrrole nitrogens is 1. The Kier molecular flexibility index (Phi) is 6.49. The van der Waals surface area contributed by atoms with Crippen LogP contribution in [0.5, 0.6) is 0 Å². The number of benzene rings is 1. The third-order valence-corrected chi connectivity index (χ3v) is 4.93. The predicted octanol–water partition coefficient (Wildman–Crippen LogP) is 2.21. The fraction of sp³-hybridized carbons (Fsp3) is 0.263. The number of aromatic amines is 1. The van der Waals surface area contributed by atoms with Gasteiger partial charge in [0.05, 0.1) is 41.9 Å². The van der Waals surface area contributed by atoms with E-state index in [1.54, 1.807) is 6.92 Å². The number of hydrogen-bond donors (Lipinski definition) is 1. The molecular weight excluding hydrogens is 382 g/mol. The third-order valence-electron chi connectivity index (χ3n) is 3.91. The summed E-state index contributed by atoms with van der Waals surface area (Å²) in [6.45, 7) is 2.11. The fourth-order valence-electron chi connectivity index (χ4n) is 2.63. The average molecular weight is 401 g/mol. The number of carbonyl (C=O) groups is 3. The van der Waals surface area contributed by atoms with Gasteiger partial charge in [-0.15, -0.1) is 0 Å². The standard InChI is InChI=1S/C19H19N3O5S/c1-2-26-17(24)10-16-22(15(23)12-28-16)8-9-27-19(25)14-11-20-21-18(14)13-6-4-3-5-7-13/h3-7,10-11H,2,8-9,12H2,1H3,(H,20,21)/b16-10-. The molecule has 0 unspecified atom stereocenters. The highest BCUT2D eigenvalue weighted by atomic mass is 32.2. The van der Waals surface area contributed by atoms with Crippen molar-refractivity contribution < 1.29 is 23.9 Å². The average Bonchev–Trinajstić information content (AvgIpc) is 3.31. The largest absolute Gasteiger partial charge is 0.463 e. The summed E-state index contributed by atoms with van der Waals surface area (Å²) in [4.78, 5) is 37.5. The summed E-state index contributed by atoms with van der Waals surface area (Å²) in [7, 11) is 0. The van der Waals surface area contributed by atoms with Gasteiger partial charge in [0.2, 0.25) is 5.91 Å². The number of nitrogens with one attached hydrogen (secondary N) is 1. The maximum Gasteiger partial charge on any atom is 0.342 e. The molecule has 28 heavy (non-hydrogen) atoms. The van der Waals surface area contributed by atoms with Gasteiger partial charge in [0.25, 0.3) is 0 Å². The fourth-order valence-corrected chi connectivity index (χ4v) is 3.58. The molecule has 0 bridgehead atoms. The van der Waals surface area contributed by atoms with E-state index < -0.39 is 11.9 Å². The number of ether oxygens (including phenoxy) is 2. The molecule has 1 aromatic heterocycles. The smallest absolute Gasteiger partial charge is 0.342 e. The van der Waals surface area contributed by atoms with Crippen LogP contribution in [0.3, 0.4) is 0 Å². The number of amides is 1. The van der Waals surface area contributed by atoms with Crippen LogP contribution in [0.25, 0.3) is 11.3 Å². The Bertz CT molecular complexity index is 894. The van der Waals surface area contributed by atoms with Gasteiger partial charge in [-0.1, -0.05) is 42.1 Å². The zero-order valence-electron chi connectivity index (χ0n) is 15.2. The van der Waals surface area contributed by atoms with Gasteiger partial charge in [0.15, 0.2) is 0 Å². The van der Waals surface area contributed by atoms with Gasteiger partial charge in [-0.25, -0.2) is 9.59 Å². The highest BCUT2D eigenvalue weighted by Gasteiger charge is 2.27. The first kappa shape index (κ1) is 19.7. The Hall–Kier alpha value is -3.07. The zero-order chi connectivity index (χ0) is 19.9. The lowest BCUT2D eigenvalue weighted by atomic mass is 10.1. The van der Waals surface area contributed by atoms with Crippen molar-refractivity contribution in [1.82, 2.24) is 15.1 Å². The van der Waals surface area contributed by atoms with Crippen molar-refractivity contribution in [2.75, 3.05) is 25.5 Å². The molecule has 1 aliphatic heterocycles. The first-order chi connectivity index (χ1) is 13.6. The minimum Gasteiger partial charge on any atom is -0.463 e. The molecule has 0 atom stereocenters. The minimum atomic E-state index is -0.539. The first-order valence-electron chi connectivity index (χ1n) is 8.67. The van der Waals surface area contributed by atoms with Gasteiger partial charge in [-0.2, -0.15) is 5.10 Å². The number of aromatic nitrogens is 2. The van der Waals surface area contributed by atoms with Crippen LogP contribution in [0.4, 0.5) is 0 Å². The van der Waals surface area contributed by atoms with E-state index in [1.807, 2.05) is 30.3 Å². The van der Waals surface area contributed by atoms with E-state index in [2.05, 4.69) is 10.2 Å². The van der Waals surface area contributed by atoms with Crippen LogP contribution in [-0.4, -0.2) is 58.5 Å². The second-order valence-corrected chi connectivity index (χ2v) is 6.72. The summed E-state index contributed by atoms with van der Waals surface area (Å²) in [5.74, 6) is -0.959. The number of thioether (sulfide) groups is 1. The number of rotatable bonds is 7. The Morgan fingerprint density at radius 3 is 2.82 bits per heavy atom. The third kappa shape index (κ3) is 4.61. The molecule has 1 aromatic carbocycles. The lowest BCUT2D eigenvalue weighted by Gasteiger charge is -2.16. The molecular formula is C19H19N3O5S. The maximum atomic E-state index is 12.4. The van der Waals surface area contributed by atoms with Crippen LogP contribution in [0.2, 0.25) is 0 Å². The van der Waals surface area contributed by atoms with Crippen molar-refractivity contribution in [2.24, 2.45) is 0 Å². The van der Waals surface area contributed by atoms with E-state index >= 15 is 0 Å². The lowest BCUT2D eigenvalue weighted by molar-refractivity contribution is -0.137. The Balaban J connectivity index is 1.61. The topological polar surface area (TPSA) is 102 Å². The summed E-state index contributed by atoms with van der Waals surface area (Å²) in [5, 5.41) is 7.22. The number of carbonyl (C=O) groups excluding carboxylic acids is 3. The predicted molar refractivity (Wildman–Crippen MR) is 103 cm³/mol. The summed E-state index contributed by atoms with van der Waals surface area (Å²) in [5.41, 5.74) is 1.70. The second kappa shape index (κ2) is 9.23. The maximum absolute atomic E-state index is 12.4. The molecule has 1 N–H and O–H groups in total. The Morgan fingerprint density at radius 1 is 1.29 bits per heavy atom. The molecule has 1 saturated heterocycles. The van der Waals surface area contributed by atoms with Crippen molar-refractivity contribution >= 4 is 29.6 Å². The van der Waals surface area contributed by atoms with Crippen LogP contribution >= 0.6 is 11.8 Å². The highest BCUT2D eigenvalue weighted by Crippen LogP contribution is 2.28. The number of nitrogens with zero attached hydrogens (tertiary/aromatic N) is 2. The van der Waals surface area contributed by atoms with Gasteiger partial charge in [0.1, 0.15) is 12.2 Å². The molecule has 0 saturated carbocycles. The monoisotopic (exact) mass is 401 g/mol. The van der Waals surface area contributed by atoms with E-state index in [0.717, 1.165) is 5.56 Å². The highest BCUT2D eigenvalue weighted by molar-refractivity contribution is 8.04. The van der Waals surface area contributed by atoms with Gasteiger partial charge < -0.3 is 14.4 Å². The summed E-state index contributed by atoms with van der Waals surface area (Å²) in [6.07, 6.45) is 2.69. The van der Waals surface area contributed by atoms with Gasteiger partial charge in [-0.3, -0.25) is 9.89 Å². The summed E-state index contributed by atoms with van der Waals surface area (Å²) >= 11 is 1.25. The van der Waals surface area contributed by atoms with Crippen molar-refractivity contribution in [3.05, 3.63) is 53.2 Å². The van der Waals surface area contributed by atoms with Crippen molar-refractivity contribution in [2.45, 2.75) is 6.92 Å². The normalized spacial score (nSPS) is 15.1. The first-order valence-corrected chi connectivity index (χ1v) is 9.66. The Labute approximate surface area is 165 Å². The lowest BCUT2D eigenvalue weighted by Crippen LogP contribution is -2.29. The summed E-state index contributed by atoms with van der Waals surface area (Å²) in [6, 6.07) is 9.32. The van der Waals surface area contributed by atoms with E-state index in [9.17, 15) is 14.4 Å². The molecule has 2 aromatic rings. The molecule has 146 valence electrons. The molecule has 3 rings (SSSR count). The molecule has 0 spiro atoms. The molecule has 1 amide bonds. The van der Waals surface area contributed by atoms with E-state index in [-0.39, 0.29) is 31.4 Å². The number of hydrogen-bond acceptors (Lipinski definition) is 7. The molecule has 9 heteroatoms. The van der Waals surface area contributed by atoms with Crippen LogP contribution in [0, 0.1) is 0 Å². The van der Waals surface area contributed by atoms with Crippen LogP contribution < -0.4 is 0 Å². The molecule has 0 aliphatic carbocycles. The van der Waals surface area contributed by atoms with E-state index in [0.29, 0.717) is 16.3 Å². The van der Waals surface area contributed by atoms with Gasteiger partial charge >= 0.3 is 11.9 Å². The molecule has 1 fully saturated rings. The molecule has 1 aliphatic rings. The van der Waals surface area contributed by atoms with Crippen molar-refractivity contribution in [3.63, 3.8) is 0 Å². The second-order valence-electron chi connectivity index (χ2n) is 5.73. The van der Waals surface area contributed by atoms with Gasteiger partial charge in [0, 0.05) is 5.56 Å². The van der Waals surface area contributed by atoms with Crippen molar-refractivity contribution in [1.29, 1.82) is 0 Å². The quantitative estimate of drug-likeness (QED) is 0.561. The Morgan fingerprint density at radius 2 is 2.07 bits per heavy atom. The van der Waals surface area contributed by atoms with Crippen LogP contribution in [0.1, 0.15) is 17.3 Å². The van der Waals surface area contributed by atoms with Crippen LogP contribution in [0.15, 0.2) is 47.6 Å². The minimum absolute atomic E-state index is 0.00922. The summed E-state index contributed by atoms with van der Waals surface area (Å²) < 4.78 is 10.2. The molecule has 0 radical (unpaired) electrons. The zero-order valence-corrected chi connectivity index (χ0v) is 16.0. The SMILES string of the molecule is CCOC(=O)/C=C1\SCC(=O)N1CCOC(=O)c1cn[nH]c1-c1ccccc1. The molecule has 8 nitrogen and oxygen atoms in total. The van der Waals surface area contributed by atoms with E-state index in [4.69, 9.17) is 9.47 Å².